The van der Waals surface area contributed by atoms with Crippen LogP contribution in [-0.4, -0.2) is 5.91 Å². The number of hydrogen-bond acceptors (Lipinski definition) is 1. The van der Waals surface area contributed by atoms with Crippen LogP contribution in [0.1, 0.15) is 81.0 Å². The van der Waals surface area contributed by atoms with Crippen LogP contribution in [-0.2, 0) is 17.6 Å². The van der Waals surface area contributed by atoms with Crippen LogP contribution in [0.25, 0.3) is 0 Å². The van der Waals surface area contributed by atoms with E-state index in [1.165, 1.54) is 61.6 Å². The Labute approximate surface area is 134 Å². The second-order valence-electron chi connectivity index (χ2n) is 7.04. The minimum Gasteiger partial charge on any atom is -0.349 e. The van der Waals surface area contributed by atoms with Crippen molar-refractivity contribution in [3.05, 3.63) is 34.9 Å². The molecule has 1 aromatic carbocycles. The van der Waals surface area contributed by atoms with Gasteiger partial charge < -0.3 is 5.32 Å². The van der Waals surface area contributed by atoms with Gasteiger partial charge in [-0.25, -0.2) is 0 Å². The zero-order chi connectivity index (χ0) is 15.4. The van der Waals surface area contributed by atoms with Gasteiger partial charge in [-0.15, -0.1) is 0 Å². The molecule has 0 spiro atoms. The van der Waals surface area contributed by atoms with Crippen LogP contribution < -0.4 is 5.32 Å². The van der Waals surface area contributed by atoms with Gasteiger partial charge in [0.15, 0.2) is 0 Å². The maximum Gasteiger partial charge on any atom is 0.223 e. The van der Waals surface area contributed by atoms with Crippen molar-refractivity contribution in [1.29, 1.82) is 0 Å². The van der Waals surface area contributed by atoms with E-state index in [0.29, 0.717) is 0 Å². The molecule has 120 valence electrons. The molecule has 0 saturated heterocycles. The van der Waals surface area contributed by atoms with E-state index < -0.39 is 0 Å². The average molecular weight is 299 g/mol. The predicted octanol–water partition coefficient (Wildman–Crippen LogP) is 4.71. The van der Waals surface area contributed by atoms with E-state index in [4.69, 9.17) is 0 Å². The lowest BCUT2D eigenvalue weighted by molar-refractivity contribution is -0.126. The smallest absolute Gasteiger partial charge is 0.223 e. The van der Waals surface area contributed by atoms with Crippen molar-refractivity contribution < 1.29 is 4.79 Å². The number of fused-ring (bicyclic) bond motifs is 1. The summed E-state index contributed by atoms with van der Waals surface area (Å²) in [6.07, 6.45) is 11.9. The molecule has 2 heteroatoms. The molecule has 3 rings (SSSR count). The number of carbonyl (C=O) groups is 1. The lowest BCUT2D eigenvalue weighted by Gasteiger charge is -2.26. The van der Waals surface area contributed by atoms with Gasteiger partial charge >= 0.3 is 0 Å². The fourth-order valence-corrected chi connectivity index (χ4v) is 4.05. The van der Waals surface area contributed by atoms with Gasteiger partial charge in [-0.2, -0.15) is 0 Å². The van der Waals surface area contributed by atoms with Crippen molar-refractivity contribution in [3.8, 4) is 0 Å². The maximum atomic E-state index is 12.5. The normalized spacial score (nSPS) is 20.2. The first-order valence-corrected chi connectivity index (χ1v) is 9.20. The summed E-state index contributed by atoms with van der Waals surface area (Å²) in [5.74, 6) is 0.532. The van der Waals surface area contributed by atoms with Crippen LogP contribution in [0.3, 0.4) is 0 Å². The third kappa shape index (κ3) is 3.53. The van der Waals surface area contributed by atoms with Gasteiger partial charge in [-0.05, 0) is 61.6 Å². The Morgan fingerprint density at radius 1 is 1.09 bits per heavy atom. The summed E-state index contributed by atoms with van der Waals surface area (Å²) in [6.45, 7) is 2.17. The van der Waals surface area contributed by atoms with Crippen LogP contribution in [0.2, 0.25) is 0 Å². The van der Waals surface area contributed by atoms with Crippen LogP contribution in [0, 0.1) is 5.92 Å². The molecule has 1 N–H and O–H groups in total. The third-order valence-electron chi connectivity index (χ3n) is 5.48. The van der Waals surface area contributed by atoms with E-state index in [1.807, 2.05) is 0 Å². The van der Waals surface area contributed by atoms with E-state index >= 15 is 0 Å². The van der Waals surface area contributed by atoms with E-state index in [0.717, 1.165) is 19.3 Å². The second kappa shape index (κ2) is 7.30. The predicted molar refractivity (Wildman–Crippen MR) is 90.8 cm³/mol. The number of nitrogens with one attached hydrogen (secondary N) is 1. The summed E-state index contributed by atoms with van der Waals surface area (Å²) in [6, 6.07) is 7.06. The van der Waals surface area contributed by atoms with E-state index in [2.05, 4.69) is 30.4 Å². The molecule has 22 heavy (non-hydrogen) atoms. The summed E-state index contributed by atoms with van der Waals surface area (Å²) in [5, 5.41) is 3.32. The molecule has 0 aromatic heterocycles. The summed E-state index contributed by atoms with van der Waals surface area (Å²) in [5.41, 5.74) is 4.32. The number of aryl methyl sites for hydroxylation is 2. The standard InChI is InChI=1S/C20H29NO/c1-2-19(21-20(22)16-9-4-3-5-10-16)18-13-12-15-8-6-7-11-17(15)14-18/h12-14,16,19H,2-11H2,1H3,(H,21,22). The summed E-state index contributed by atoms with van der Waals surface area (Å²) >= 11 is 0. The Morgan fingerprint density at radius 2 is 1.82 bits per heavy atom. The number of benzene rings is 1. The Bertz CT molecular complexity index is 516. The highest BCUT2D eigenvalue weighted by Crippen LogP contribution is 2.28. The Hall–Kier alpha value is -1.31. The summed E-state index contributed by atoms with van der Waals surface area (Å²) in [4.78, 5) is 12.5. The highest BCUT2D eigenvalue weighted by molar-refractivity contribution is 5.79. The van der Waals surface area contributed by atoms with E-state index in [1.54, 1.807) is 0 Å². The minimum absolute atomic E-state index is 0.182. The molecular weight excluding hydrogens is 270 g/mol. The van der Waals surface area contributed by atoms with Gasteiger partial charge in [0, 0.05) is 5.92 Å². The number of hydrogen-bond donors (Lipinski definition) is 1. The van der Waals surface area contributed by atoms with Crippen molar-refractivity contribution in [2.24, 2.45) is 5.92 Å². The quantitative estimate of drug-likeness (QED) is 0.857. The highest BCUT2D eigenvalue weighted by Gasteiger charge is 2.23. The first-order valence-electron chi connectivity index (χ1n) is 9.20. The number of carbonyl (C=O) groups excluding carboxylic acids is 1. The Morgan fingerprint density at radius 3 is 2.55 bits per heavy atom. The molecule has 1 saturated carbocycles. The van der Waals surface area contributed by atoms with Crippen LogP contribution in [0.15, 0.2) is 18.2 Å². The maximum absolute atomic E-state index is 12.5. The zero-order valence-electron chi connectivity index (χ0n) is 13.9. The molecular formula is C20H29NO. The molecule has 0 heterocycles. The van der Waals surface area contributed by atoms with Crippen molar-refractivity contribution >= 4 is 5.91 Å². The minimum atomic E-state index is 0.182. The molecule has 0 bridgehead atoms. The molecule has 1 amide bonds. The van der Waals surface area contributed by atoms with Gasteiger partial charge in [0.2, 0.25) is 5.91 Å². The van der Waals surface area contributed by atoms with Crippen molar-refractivity contribution in [2.75, 3.05) is 0 Å². The molecule has 1 atom stereocenters. The summed E-state index contributed by atoms with van der Waals surface area (Å²) in [7, 11) is 0. The topological polar surface area (TPSA) is 29.1 Å². The van der Waals surface area contributed by atoms with Gasteiger partial charge in [-0.1, -0.05) is 44.4 Å². The van der Waals surface area contributed by atoms with Gasteiger partial charge in [0.05, 0.1) is 6.04 Å². The Balaban J connectivity index is 1.69. The van der Waals surface area contributed by atoms with Crippen LogP contribution in [0.5, 0.6) is 0 Å². The van der Waals surface area contributed by atoms with E-state index in [-0.39, 0.29) is 17.9 Å². The number of amides is 1. The lowest BCUT2D eigenvalue weighted by atomic mass is 9.87. The third-order valence-corrected chi connectivity index (χ3v) is 5.48. The van der Waals surface area contributed by atoms with Crippen molar-refractivity contribution in [1.82, 2.24) is 5.32 Å². The first-order chi connectivity index (χ1) is 10.8. The largest absolute Gasteiger partial charge is 0.349 e. The lowest BCUT2D eigenvalue weighted by Crippen LogP contribution is -2.34. The first kappa shape index (κ1) is 15.6. The molecule has 2 nitrogen and oxygen atoms in total. The molecule has 2 aliphatic carbocycles. The molecule has 1 unspecified atom stereocenters. The van der Waals surface area contributed by atoms with Crippen molar-refractivity contribution in [3.63, 3.8) is 0 Å². The fourth-order valence-electron chi connectivity index (χ4n) is 4.05. The van der Waals surface area contributed by atoms with Gasteiger partial charge in [-0.3, -0.25) is 4.79 Å². The highest BCUT2D eigenvalue weighted by atomic mass is 16.1. The van der Waals surface area contributed by atoms with Gasteiger partial charge in [0.25, 0.3) is 0 Å². The fraction of sp³-hybridized carbons (Fsp3) is 0.650. The van der Waals surface area contributed by atoms with Crippen LogP contribution in [0.4, 0.5) is 0 Å². The van der Waals surface area contributed by atoms with E-state index in [9.17, 15) is 4.79 Å². The van der Waals surface area contributed by atoms with Crippen molar-refractivity contribution in [2.45, 2.75) is 77.2 Å². The average Bonchev–Trinajstić information content (AvgIpc) is 2.59. The summed E-state index contributed by atoms with van der Waals surface area (Å²) < 4.78 is 0. The monoisotopic (exact) mass is 299 g/mol. The Kier molecular flexibility index (Phi) is 5.17. The van der Waals surface area contributed by atoms with Crippen LogP contribution >= 0.6 is 0 Å². The molecule has 0 radical (unpaired) electrons. The zero-order valence-corrected chi connectivity index (χ0v) is 13.9. The second-order valence-corrected chi connectivity index (χ2v) is 7.04. The molecule has 2 aliphatic rings. The molecule has 1 fully saturated rings. The molecule has 1 aromatic rings. The SMILES string of the molecule is CCC(NC(=O)C1CCCCC1)c1ccc2c(c1)CCCC2. The molecule has 0 aliphatic heterocycles. The number of rotatable bonds is 4. The van der Waals surface area contributed by atoms with Gasteiger partial charge in [0.1, 0.15) is 0 Å².